The maximum atomic E-state index is 6.12. The van der Waals surface area contributed by atoms with E-state index in [4.69, 9.17) is 11.6 Å². The van der Waals surface area contributed by atoms with Crippen molar-refractivity contribution in [1.82, 2.24) is 10.3 Å². The number of nitrogens with one attached hydrogen (secondary N) is 2. The second-order valence-corrected chi connectivity index (χ2v) is 4.99. The lowest BCUT2D eigenvalue weighted by molar-refractivity contribution is 0.630. The molecular formula is C11H18ClN3. The molecule has 0 saturated heterocycles. The average Bonchev–Trinajstić information content (AvgIpc) is 2.08. The van der Waals surface area contributed by atoms with Gasteiger partial charge in [-0.3, -0.25) is 0 Å². The zero-order chi connectivity index (χ0) is 11.5. The Morgan fingerprint density at radius 3 is 2.53 bits per heavy atom. The van der Waals surface area contributed by atoms with Crippen LogP contribution in [0.15, 0.2) is 12.3 Å². The Kier molecular flexibility index (Phi) is 3.94. The summed E-state index contributed by atoms with van der Waals surface area (Å²) in [7, 11) is 1.90. The van der Waals surface area contributed by atoms with Gasteiger partial charge in [-0.25, -0.2) is 4.98 Å². The molecule has 15 heavy (non-hydrogen) atoms. The monoisotopic (exact) mass is 227 g/mol. The van der Waals surface area contributed by atoms with Gasteiger partial charge >= 0.3 is 0 Å². The lowest BCUT2D eigenvalue weighted by Crippen LogP contribution is -2.26. The molecule has 0 fully saturated rings. The quantitative estimate of drug-likeness (QED) is 0.834. The Labute approximate surface area is 96.2 Å². The molecule has 2 N–H and O–H groups in total. The van der Waals surface area contributed by atoms with Crippen molar-refractivity contribution in [2.75, 3.05) is 12.4 Å². The summed E-state index contributed by atoms with van der Waals surface area (Å²) < 4.78 is 0. The summed E-state index contributed by atoms with van der Waals surface area (Å²) in [6.45, 7) is 7.01. The van der Waals surface area contributed by atoms with E-state index in [9.17, 15) is 0 Å². The van der Waals surface area contributed by atoms with Gasteiger partial charge in [0, 0.05) is 18.3 Å². The largest absolute Gasteiger partial charge is 0.364 e. The zero-order valence-electron chi connectivity index (χ0n) is 9.69. The molecule has 0 amide bonds. The number of halogens is 1. The molecule has 0 aliphatic carbocycles. The van der Waals surface area contributed by atoms with Crippen molar-refractivity contribution in [2.45, 2.75) is 32.9 Å². The van der Waals surface area contributed by atoms with Crippen molar-refractivity contribution in [2.24, 2.45) is 0 Å². The molecular weight excluding hydrogens is 210 g/mol. The van der Waals surface area contributed by atoms with Crippen LogP contribution in [0.2, 0.25) is 5.02 Å². The molecule has 0 unspecified atom stereocenters. The van der Waals surface area contributed by atoms with Crippen LogP contribution < -0.4 is 10.6 Å². The smallest absolute Gasteiger partial charge is 0.145 e. The standard InChI is InChI=1S/C11H18ClN3/c1-11(2,3)15-10-9(12)5-8(6-13-4)7-14-10/h5,7,13H,6H2,1-4H3,(H,14,15). The van der Waals surface area contributed by atoms with Gasteiger partial charge in [0.1, 0.15) is 5.82 Å². The van der Waals surface area contributed by atoms with Gasteiger partial charge in [0.15, 0.2) is 0 Å². The fraction of sp³-hybridized carbons (Fsp3) is 0.545. The highest BCUT2D eigenvalue weighted by atomic mass is 35.5. The minimum Gasteiger partial charge on any atom is -0.364 e. The second-order valence-electron chi connectivity index (χ2n) is 4.58. The molecule has 0 atom stereocenters. The molecule has 1 aromatic rings. The molecule has 0 aliphatic rings. The SMILES string of the molecule is CNCc1cnc(NC(C)(C)C)c(Cl)c1. The lowest BCUT2D eigenvalue weighted by Gasteiger charge is -2.22. The Morgan fingerprint density at radius 1 is 1.40 bits per heavy atom. The van der Waals surface area contributed by atoms with Crippen molar-refractivity contribution in [3.63, 3.8) is 0 Å². The van der Waals surface area contributed by atoms with E-state index in [2.05, 4.69) is 36.4 Å². The average molecular weight is 228 g/mol. The first kappa shape index (κ1) is 12.3. The Bertz CT molecular complexity index is 331. The van der Waals surface area contributed by atoms with Crippen molar-refractivity contribution >= 4 is 17.4 Å². The molecule has 4 heteroatoms. The summed E-state index contributed by atoms with van der Waals surface area (Å²) in [4.78, 5) is 4.30. The third-order valence-corrected chi connectivity index (χ3v) is 2.06. The number of nitrogens with zero attached hydrogens (tertiary/aromatic N) is 1. The third-order valence-electron chi connectivity index (χ3n) is 1.77. The van der Waals surface area contributed by atoms with Crippen LogP contribution in [0, 0.1) is 0 Å². The number of anilines is 1. The number of hydrogen-bond donors (Lipinski definition) is 2. The Morgan fingerprint density at radius 2 is 2.07 bits per heavy atom. The Balaban J connectivity index is 2.84. The maximum absolute atomic E-state index is 6.12. The van der Waals surface area contributed by atoms with Crippen molar-refractivity contribution in [1.29, 1.82) is 0 Å². The van der Waals surface area contributed by atoms with Gasteiger partial charge in [-0.1, -0.05) is 11.6 Å². The van der Waals surface area contributed by atoms with Crippen LogP contribution in [0.3, 0.4) is 0 Å². The summed E-state index contributed by atoms with van der Waals surface area (Å²) in [6, 6.07) is 1.93. The van der Waals surface area contributed by atoms with Crippen LogP contribution in [0.25, 0.3) is 0 Å². The predicted octanol–water partition coefficient (Wildman–Crippen LogP) is 2.66. The van der Waals surface area contributed by atoms with E-state index in [1.54, 1.807) is 0 Å². The lowest BCUT2D eigenvalue weighted by atomic mass is 10.1. The van der Waals surface area contributed by atoms with Crippen LogP contribution in [0.5, 0.6) is 0 Å². The van der Waals surface area contributed by atoms with E-state index in [0.717, 1.165) is 17.9 Å². The van der Waals surface area contributed by atoms with E-state index < -0.39 is 0 Å². The van der Waals surface area contributed by atoms with Gasteiger partial charge in [-0.05, 0) is 39.4 Å². The zero-order valence-corrected chi connectivity index (χ0v) is 10.4. The first-order valence-corrected chi connectivity index (χ1v) is 5.37. The van der Waals surface area contributed by atoms with Crippen molar-refractivity contribution < 1.29 is 0 Å². The maximum Gasteiger partial charge on any atom is 0.145 e. The first-order valence-electron chi connectivity index (χ1n) is 4.99. The predicted molar refractivity (Wildman–Crippen MR) is 65.4 cm³/mol. The van der Waals surface area contributed by atoms with E-state index in [-0.39, 0.29) is 5.54 Å². The minimum atomic E-state index is -0.0266. The molecule has 84 valence electrons. The summed E-state index contributed by atoms with van der Waals surface area (Å²) in [5.74, 6) is 0.740. The highest BCUT2D eigenvalue weighted by Gasteiger charge is 2.12. The van der Waals surface area contributed by atoms with Crippen LogP contribution in [0.1, 0.15) is 26.3 Å². The van der Waals surface area contributed by atoms with Crippen molar-refractivity contribution in [3.8, 4) is 0 Å². The summed E-state index contributed by atoms with van der Waals surface area (Å²) in [5, 5.41) is 6.98. The molecule has 0 saturated carbocycles. The number of pyridine rings is 1. The third kappa shape index (κ3) is 4.06. The molecule has 0 aliphatic heterocycles. The van der Waals surface area contributed by atoms with E-state index in [1.807, 2.05) is 19.3 Å². The van der Waals surface area contributed by atoms with Crippen LogP contribution >= 0.6 is 11.6 Å². The summed E-state index contributed by atoms with van der Waals surface area (Å²) >= 11 is 6.12. The number of hydrogen-bond acceptors (Lipinski definition) is 3. The molecule has 0 spiro atoms. The van der Waals surface area contributed by atoms with E-state index >= 15 is 0 Å². The fourth-order valence-electron chi connectivity index (χ4n) is 1.23. The van der Waals surface area contributed by atoms with E-state index in [1.165, 1.54) is 0 Å². The van der Waals surface area contributed by atoms with Crippen LogP contribution in [-0.4, -0.2) is 17.6 Å². The van der Waals surface area contributed by atoms with Crippen LogP contribution in [0.4, 0.5) is 5.82 Å². The van der Waals surface area contributed by atoms with Crippen molar-refractivity contribution in [3.05, 3.63) is 22.8 Å². The molecule has 1 aromatic heterocycles. The summed E-state index contributed by atoms with van der Waals surface area (Å²) in [5.41, 5.74) is 1.06. The fourth-order valence-corrected chi connectivity index (χ4v) is 1.46. The highest BCUT2D eigenvalue weighted by Crippen LogP contribution is 2.23. The normalized spacial score (nSPS) is 11.5. The van der Waals surface area contributed by atoms with Gasteiger partial charge in [0.25, 0.3) is 0 Å². The van der Waals surface area contributed by atoms with E-state index in [0.29, 0.717) is 5.02 Å². The van der Waals surface area contributed by atoms with Gasteiger partial charge < -0.3 is 10.6 Å². The molecule has 0 aromatic carbocycles. The molecule has 0 radical (unpaired) electrons. The minimum absolute atomic E-state index is 0.0266. The molecule has 3 nitrogen and oxygen atoms in total. The Hall–Kier alpha value is -0.800. The molecule has 0 bridgehead atoms. The van der Waals surface area contributed by atoms with Gasteiger partial charge in [-0.2, -0.15) is 0 Å². The first-order chi connectivity index (χ1) is 6.92. The molecule has 1 heterocycles. The second kappa shape index (κ2) is 4.81. The van der Waals surface area contributed by atoms with Crippen LogP contribution in [-0.2, 0) is 6.54 Å². The van der Waals surface area contributed by atoms with Gasteiger partial charge in [0.2, 0.25) is 0 Å². The van der Waals surface area contributed by atoms with Gasteiger partial charge in [0.05, 0.1) is 5.02 Å². The number of rotatable bonds is 3. The number of aromatic nitrogens is 1. The van der Waals surface area contributed by atoms with Gasteiger partial charge in [-0.15, -0.1) is 0 Å². The highest BCUT2D eigenvalue weighted by molar-refractivity contribution is 6.33. The summed E-state index contributed by atoms with van der Waals surface area (Å²) in [6.07, 6.45) is 1.83. The molecule has 1 rings (SSSR count). The topological polar surface area (TPSA) is 37.0 Å².